The maximum Gasteiger partial charge on any atom is 0.262 e. The van der Waals surface area contributed by atoms with E-state index in [2.05, 4.69) is 15.6 Å². The Labute approximate surface area is 185 Å². The molecule has 0 saturated heterocycles. The molecule has 11 heteroatoms. The highest BCUT2D eigenvalue weighted by molar-refractivity contribution is 7.89. The topological polar surface area (TPSA) is 123 Å². The summed E-state index contributed by atoms with van der Waals surface area (Å²) in [4.78, 5) is 28.6. The Kier molecular flexibility index (Phi) is 5.61. The van der Waals surface area contributed by atoms with E-state index in [9.17, 15) is 18.0 Å². The van der Waals surface area contributed by atoms with Crippen molar-refractivity contribution in [3.63, 3.8) is 0 Å². The molecule has 3 aromatic rings. The Bertz CT molecular complexity index is 1330. The zero-order valence-corrected chi connectivity index (χ0v) is 18.7. The normalized spacial score (nSPS) is 13.6. The van der Waals surface area contributed by atoms with Crippen molar-refractivity contribution in [2.45, 2.75) is 17.7 Å². The molecular weight excluding hydrogens is 434 g/mol. The number of hydrogen-bond donors (Lipinski definition) is 2. The number of anilines is 2. The minimum atomic E-state index is -3.56. The van der Waals surface area contributed by atoms with E-state index in [4.69, 9.17) is 4.74 Å². The second-order valence-electron chi connectivity index (χ2n) is 7.62. The number of carbonyl (C=O) groups excluding carboxylic acids is 2. The van der Waals surface area contributed by atoms with Crippen LogP contribution in [0.2, 0.25) is 0 Å². The highest BCUT2D eigenvalue weighted by atomic mass is 32.2. The van der Waals surface area contributed by atoms with Crippen molar-refractivity contribution in [2.24, 2.45) is 7.05 Å². The molecule has 2 aromatic carbocycles. The Morgan fingerprint density at radius 1 is 1.25 bits per heavy atom. The van der Waals surface area contributed by atoms with Gasteiger partial charge in [0.15, 0.2) is 6.61 Å². The second-order valence-corrected chi connectivity index (χ2v) is 9.77. The zero-order chi connectivity index (χ0) is 23.0. The Morgan fingerprint density at radius 2 is 2.03 bits per heavy atom. The number of ether oxygens (including phenoxy) is 1. The fourth-order valence-electron chi connectivity index (χ4n) is 3.43. The third-order valence-electron chi connectivity index (χ3n) is 5.20. The summed E-state index contributed by atoms with van der Waals surface area (Å²) in [6.45, 7) is -0.0285. The molecule has 4 rings (SSSR count). The van der Waals surface area contributed by atoms with Gasteiger partial charge in [0.25, 0.3) is 5.91 Å². The van der Waals surface area contributed by atoms with Gasteiger partial charge in [-0.15, -0.1) is 0 Å². The number of aromatic nitrogens is 2. The van der Waals surface area contributed by atoms with Crippen LogP contribution in [0.3, 0.4) is 0 Å². The average molecular weight is 458 g/mol. The van der Waals surface area contributed by atoms with Gasteiger partial charge < -0.3 is 19.9 Å². The van der Waals surface area contributed by atoms with E-state index in [0.29, 0.717) is 34.9 Å². The van der Waals surface area contributed by atoms with Gasteiger partial charge in [0.05, 0.1) is 21.6 Å². The third-order valence-corrected chi connectivity index (χ3v) is 7.01. The Morgan fingerprint density at radius 3 is 2.78 bits per heavy atom. The number of fused-ring (bicyclic) bond motifs is 2. The maximum absolute atomic E-state index is 12.5. The molecule has 1 aliphatic rings. The summed E-state index contributed by atoms with van der Waals surface area (Å²) in [6.07, 6.45) is 0.553. The number of nitrogens with one attached hydrogen (secondary N) is 2. The van der Waals surface area contributed by atoms with Gasteiger partial charge in [0, 0.05) is 39.7 Å². The highest BCUT2D eigenvalue weighted by Crippen LogP contribution is 2.30. The molecule has 2 amide bonds. The smallest absolute Gasteiger partial charge is 0.262 e. The van der Waals surface area contributed by atoms with Crippen LogP contribution in [0, 0.1) is 0 Å². The average Bonchev–Trinajstić information content (AvgIpc) is 3.07. The Hall–Kier alpha value is -3.44. The van der Waals surface area contributed by atoms with Crippen LogP contribution in [0.4, 0.5) is 11.4 Å². The quantitative estimate of drug-likeness (QED) is 0.581. The first kappa shape index (κ1) is 21.8. The minimum absolute atomic E-state index is 0.0285. The van der Waals surface area contributed by atoms with Gasteiger partial charge in [0.2, 0.25) is 15.9 Å². The molecule has 0 spiro atoms. The lowest BCUT2D eigenvalue weighted by Crippen LogP contribution is -2.25. The van der Waals surface area contributed by atoms with Crippen LogP contribution < -0.4 is 15.4 Å². The third kappa shape index (κ3) is 4.16. The van der Waals surface area contributed by atoms with Gasteiger partial charge in [-0.25, -0.2) is 17.7 Å². The first-order valence-electron chi connectivity index (χ1n) is 9.89. The number of imidazole rings is 1. The van der Waals surface area contributed by atoms with E-state index in [1.165, 1.54) is 20.2 Å². The largest absolute Gasteiger partial charge is 0.482 e. The summed E-state index contributed by atoms with van der Waals surface area (Å²) < 4.78 is 33.1. The van der Waals surface area contributed by atoms with Crippen LogP contribution in [0.5, 0.6) is 5.75 Å². The lowest BCUT2D eigenvalue weighted by atomic mass is 10.2. The number of nitrogens with zero attached hydrogens (tertiary/aromatic N) is 3. The van der Waals surface area contributed by atoms with E-state index < -0.39 is 10.0 Å². The molecule has 168 valence electrons. The fourth-order valence-corrected chi connectivity index (χ4v) is 4.36. The van der Waals surface area contributed by atoms with Crippen molar-refractivity contribution in [1.29, 1.82) is 0 Å². The van der Waals surface area contributed by atoms with E-state index in [0.717, 1.165) is 9.82 Å². The molecule has 0 saturated carbocycles. The van der Waals surface area contributed by atoms with E-state index in [-0.39, 0.29) is 29.7 Å². The molecule has 2 heterocycles. The van der Waals surface area contributed by atoms with Crippen LogP contribution >= 0.6 is 0 Å². The summed E-state index contributed by atoms with van der Waals surface area (Å²) in [6, 6.07) is 9.84. The SMILES string of the molecule is CN(C)S(=O)(=O)c1ccc2c(c1)nc(CCC(=O)Nc1ccc3c(c1)NC(=O)CO3)n2C. The molecular formula is C21H23N5O5S. The highest BCUT2D eigenvalue weighted by Gasteiger charge is 2.20. The number of aryl methyl sites for hydroxylation is 2. The first-order chi connectivity index (χ1) is 15.1. The second kappa shape index (κ2) is 8.24. The van der Waals surface area contributed by atoms with Crippen molar-refractivity contribution in [2.75, 3.05) is 31.3 Å². The van der Waals surface area contributed by atoms with Crippen molar-refractivity contribution in [1.82, 2.24) is 13.9 Å². The number of carbonyl (C=O) groups is 2. The number of hydrogen-bond acceptors (Lipinski definition) is 6. The zero-order valence-electron chi connectivity index (χ0n) is 17.9. The van der Waals surface area contributed by atoms with Gasteiger partial charge in [0.1, 0.15) is 11.6 Å². The lowest BCUT2D eigenvalue weighted by Gasteiger charge is -2.18. The summed E-state index contributed by atoms with van der Waals surface area (Å²) in [5, 5.41) is 5.51. The van der Waals surface area contributed by atoms with Crippen molar-refractivity contribution in [3.05, 3.63) is 42.2 Å². The van der Waals surface area contributed by atoms with Crippen molar-refractivity contribution >= 4 is 44.2 Å². The molecule has 0 aliphatic carbocycles. The summed E-state index contributed by atoms with van der Waals surface area (Å²) in [5.74, 6) is 0.763. The summed E-state index contributed by atoms with van der Waals surface area (Å²) >= 11 is 0. The van der Waals surface area contributed by atoms with Gasteiger partial charge in [-0.2, -0.15) is 0 Å². The van der Waals surface area contributed by atoms with Crippen LogP contribution in [-0.2, 0) is 33.1 Å². The number of rotatable bonds is 6. The molecule has 1 aromatic heterocycles. The maximum atomic E-state index is 12.5. The van der Waals surface area contributed by atoms with Crippen LogP contribution in [0.1, 0.15) is 12.2 Å². The molecule has 32 heavy (non-hydrogen) atoms. The Balaban J connectivity index is 1.46. The molecule has 0 unspecified atom stereocenters. The van der Waals surface area contributed by atoms with E-state index >= 15 is 0 Å². The van der Waals surface area contributed by atoms with Crippen molar-refractivity contribution < 1.29 is 22.7 Å². The predicted octanol–water partition coefficient (Wildman–Crippen LogP) is 1.73. The monoisotopic (exact) mass is 457 g/mol. The van der Waals surface area contributed by atoms with Gasteiger partial charge >= 0.3 is 0 Å². The first-order valence-corrected chi connectivity index (χ1v) is 11.3. The van der Waals surface area contributed by atoms with Crippen LogP contribution in [0.15, 0.2) is 41.3 Å². The lowest BCUT2D eigenvalue weighted by molar-refractivity contribution is -0.118. The van der Waals surface area contributed by atoms with Gasteiger partial charge in [-0.1, -0.05) is 0 Å². The van der Waals surface area contributed by atoms with Crippen molar-refractivity contribution in [3.8, 4) is 5.75 Å². The number of amides is 2. The number of benzene rings is 2. The standard InChI is InChI=1S/C21H23N5O5S/c1-25(2)32(29,30)14-5-6-17-15(11-14)23-19(26(17)3)8-9-20(27)22-13-4-7-18-16(10-13)24-21(28)12-31-18/h4-7,10-11H,8-9,12H2,1-3H3,(H,22,27)(H,24,28). The van der Waals surface area contributed by atoms with E-state index in [1.54, 1.807) is 30.3 Å². The summed E-state index contributed by atoms with van der Waals surface area (Å²) in [7, 11) is 1.23. The molecule has 10 nitrogen and oxygen atoms in total. The van der Waals surface area contributed by atoms with E-state index in [1.807, 2.05) is 11.6 Å². The van der Waals surface area contributed by atoms with Gasteiger partial charge in [-0.05, 0) is 36.4 Å². The molecule has 0 radical (unpaired) electrons. The van der Waals surface area contributed by atoms with Gasteiger partial charge in [-0.3, -0.25) is 9.59 Å². The summed E-state index contributed by atoms with van der Waals surface area (Å²) in [5.41, 5.74) is 2.39. The van der Waals surface area contributed by atoms with Crippen LogP contribution in [-0.4, -0.2) is 54.8 Å². The fraction of sp³-hybridized carbons (Fsp3) is 0.286. The number of sulfonamides is 1. The predicted molar refractivity (Wildman–Crippen MR) is 119 cm³/mol. The molecule has 1 aliphatic heterocycles. The van der Waals surface area contributed by atoms with Crippen LogP contribution in [0.25, 0.3) is 11.0 Å². The minimum Gasteiger partial charge on any atom is -0.482 e. The molecule has 0 bridgehead atoms. The molecule has 2 N–H and O–H groups in total. The molecule has 0 atom stereocenters. The molecule has 0 fully saturated rings.